The molecule has 8 nitrogen and oxygen atoms in total. The summed E-state index contributed by atoms with van der Waals surface area (Å²) in [4.78, 5) is 30.0. The van der Waals surface area contributed by atoms with E-state index in [0.717, 1.165) is 0 Å². The number of carbonyl (C=O) groups is 2. The maximum atomic E-state index is 12.3. The number of para-hydroxylation sites is 1. The zero-order valence-electron chi connectivity index (χ0n) is 18.8. The van der Waals surface area contributed by atoms with Gasteiger partial charge in [0.25, 0.3) is 5.69 Å². The molecular formula is C23H29NO7. The first-order valence-corrected chi connectivity index (χ1v) is 9.83. The van der Waals surface area contributed by atoms with Crippen LogP contribution in [0.15, 0.2) is 59.9 Å². The van der Waals surface area contributed by atoms with E-state index in [1.54, 1.807) is 71.9 Å². The van der Waals surface area contributed by atoms with Gasteiger partial charge >= 0.3 is 17.7 Å². The van der Waals surface area contributed by atoms with Gasteiger partial charge in [-0.05, 0) is 40.0 Å². The van der Waals surface area contributed by atoms with Gasteiger partial charge in [0.1, 0.15) is 11.5 Å². The topological polar surface area (TPSA) is 97.1 Å². The maximum Gasteiger partial charge on any atom is 0.390 e. The fourth-order valence-corrected chi connectivity index (χ4v) is 2.14. The van der Waals surface area contributed by atoms with Crippen LogP contribution in [0.2, 0.25) is 0 Å². The quantitative estimate of drug-likeness (QED) is 0.113. The van der Waals surface area contributed by atoms with Crippen molar-refractivity contribution in [3.63, 3.8) is 0 Å². The van der Waals surface area contributed by atoms with E-state index in [2.05, 4.69) is 5.73 Å². The summed E-state index contributed by atoms with van der Waals surface area (Å²) in [6.45, 7) is 10.4. The Labute approximate surface area is 182 Å². The number of hydrogen-bond acceptors (Lipinski definition) is 7. The standard InChI is InChI=1S/C23H29NO7/c1-7-28-21(26)16-19(22(27)29-8-2)31-24(18-12-10-9-11-13-18)17(3)14-15-20(25)30-23(4,5)6/h9-15H,7-8H2,1-6H3/b15-14+,24-17-. The summed E-state index contributed by atoms with van der Waals surface area (Å²) < 4.78 is 16.3. The van der Waals surface area contributed by atoms with Crippen molar-refractivity contribution in [3.05, 3.63) is 59.9 Å². The van der Waals surface area contributed by atoms with Crippen molar-refractivity contribution >= 4 is 23.3 Å². The Balaban J connectivity index is 3.44. The molecule has 8 heteroatoms. The van der Waals surface area contributed by atoms with Crippen LogP contribution in [0.25, 0.3) is 0 Å². The lowest BCUT2D eigenvalue weighted by Gasteiger charge is -2.17. The molecule has 0 saturated heterocycles. The van der Waals surface area contributed by atoms with E-state index in [0.29, 0.717) is 11.4 Å². The summed E-state index contributed by atoms with van der Waals surface area (Å²) >= 11 is 0. The molecule has 0 aliphatic rings. The van der Waals surface area contributed by atoms with Gasteiger partial charge in [0.05, 0.1) is 6.61 Å². The molecule has 0 bridgehead atoms. The average molecular weight is 431 g/mol. The molecule has 0 saturated carbocycles. The van der Waals surface area contributed by atoms with Crippen LogP contribution in [-0.4, -0.2) is 41.2 Å². The number of benzene rings is 1. The minimum absolute atomic E-state index is 0.0722. The normalized spacial score (nSPS) is 11.8. The average Bonchev–Trinajstić information content (AvgIpc) is 2.69. The van der Waals surface area contributed by atoms with Crippen molar-refractivity contribution in [2.24, 2.45) is 0 Å². The van der Waals surface area contributed by atoms with Gasteiger partial charge < -0.3 is 19.3 Å². The number of esters is 2. The van der Waals surface area contributed by atoms with E-state index in [1.165, 1.54) is 16.9 Å². The summed E-state index contributed by atoms with van der Waals surface area (Å²) in [6.07, 6.45) is 2.71. The highest BCUT2D eigenvalue weighted by Gasteiger charge is 2.24. The zero-order valence-corrected chi connectivity index (χ0v) is 18.8. The predicted octanol–water partition coefficient (Wildman–Crippen LogP) is 2.91. The highest BCUT2D eigenvalue weighted by molar-refractivity contribution is 5.95. The van der Waals surface area contributed by atoms with Crippen molar-refractivity contribution in [3.8, 4) is 0 Å². The van der Waals surface area contributed by atoms with Gasteiger partial charge in [0.15, 0.2) is 0 Å². The first-order valence-electron chi connectivity index (χ1n) is 9.83. The molecule has 0 radical (unpaired) electrons. The highest BCUT2D eigenvalue weighted by Crippen LogP contribution is 2.16. The second-order valence-electron chi connectivity index (χ2n) is 7.12. The van der Waals surface area contributed by atoms with Gasteiger partial charge in [-0.3, -0.25) is 0 Å². The SMILES string of the molecule is CCOC(=O)C(=C=C([O-])OCC)O/[N+](=C(C)\C=C\C(=O)OC(C)(C)C)c1ccccc1. The second kappa shape index (κ2) is 12.2. The van der Waals surface area contributed by atoms with Crippen LogP contribution in [0.3, 0.4) is 0 Å². The van der Waals surface area contributed by atoms with E-state index in [1.807, 2.05) is 0 Å². The Hall–Kier alpha value is -3.51. The van der Waals surface area contributed by atoms with Crippen LogP contribution in [0.4, 0.5) is 5.69 Å². The molecule has 0 amide bonds. The van der Waals surface area contributed by atoms with Gasteiger partial charge in [-0.15, -0.1) is 0 Å². The van der Waals surface area contributed by atoms with Gasteiger partial charge in [-0.25, -0.2) is 14.4 Å². The van der Waals surface area contributed by atoms with Crippen molar-refractivity contribution < 1.29 is 38.5 Å². The third kappa shape index (κ3) is 9.69. The van der Waals surface area contributed by atoms with E-state index in [9.17, 15) is 14.7 Å². The lowest BCUT2D eigenvalue weighted by molar-refractivity contribution is -0.711. The van der Waals surface area contributed by atoms with E-state index in [-0.39, 0.29) is 13.2 Å². The maximum absolute atomic E-state index is 12.3. The van der Waals surface area contributed by atoms with Gasteiger partial charge in [0.2, 0.25) is 5.71 Å². The summed E-state index contributed by atoms with van der Waals surface area (Å²) in [5.74, 6) is -2.80. The van der Waals surface area contributed by atoms with Crippen LogP contribution in [0.1, 0.15) is 41.5 Å². The largest absolute Gasteiger partial charge is 0.608 e. The molecule has 0 aliphatic heterocycles. The second-order valence-corrected chi connectivity index (χ2v) is 7.12. The number of carbonyl (C=O) groups excluding carboxylic acids is 2. The molecule has 31 heavy (non-hydrogen) atoms. The molecule has 1 rings (SSSR count). The van der Waals surface area contributed by atoms with Crippen molar-refractivity contribution in [1.29, 1.82) is 0 Å². The Kier molecular flexibility index (Phi) is 10.1. The Bertz CT molecular complexity index is 886. The van der Waals surface area contributed by atoms with Crippen LogP contribution in [0.5, 0.6) is 0 Å². The molecule has 0 spiro atoms. The lowest BCUT2D eigenvalue weighted by atomic mass is 10.2. The van der Waals surface area contributed by atoms with E-state index < -0.39 is 29.2 Å². The fourth-order valence-electron chi connectivity index (χ4n) is 2.14. The molecule has 0 aromatic heterocycles. The molecule has 0 atom stereocenters. The van der Waals surface area contributed by atoms with Gasteiger partial charge in [-0.2, -0.15) is 0 Å². The molecule has 0 fully saturated rings. The first-order chi connectivity index (χ1) is 14.6. The molecule has 168 valence electrons. The Morgan fingerprint density at radius 1 is 1.06 bits per heavy atom. The fraction of sp³-hybridized carbons (Fsp3) is 0.391. The molecule has 0 heterocycles. The highest BCUT2D eigenvalue weighted by atomic mass is 16.7. The summed E-state index contributed by atoms with van der Waals surface area (Å²) in [5, 5.41) is 11.9. The summed E-state index contributed by atoms with van der Waals surface area (Å²) in [7, 11) is 0. The monoisotopic (exact) mass is 431 g/mol. The Morgan fingerprint density at radius 2 is 1.68 bits per heavy atom. The number of nitrogens with zero attached hydrogens (tertiary/aromatic N) is 1. The third-order valence-electron chi connectivity index (χ3n) is 3.31. The first kappa shape index (κ1) is 25.5. The van der Waals surface area contributed by atoms with Gasteiger partial charge in [0, 0.05) is 35.9 Å². The molecular weight excluding hydrogens is 402 g/mol. The number of allylic oxidation sites excluding steroid dienone is 1. The number of rotatable bonds is 9. The van der Waals surface area contributed by atoms with Crippen molar-refractivity contribution in [1.82, 2.24) is 0 Å². The molecule has 0 N–H and O–H groups in total. The molecule has 0 aliphatic carbocycles. The van der Waals surface area contributed by atoms with Crippen LogP contribution in [0, 0.1) is 0 Å². The van der Waals surface area contributed by atoms with E-state index >= 15 is 0 Å². The smallest absolute Gasteiger partial charge is 0.390 e. The zero-order chi connectivity index (χ0) is 23.4. The summed E-state index contributed by atoms with van der Waals surface area (Å²) in [5.41, 5.74) is 2.55. The van der Waals surface area contributed by atoms with E-state index in [4.69, 9.17) is 19.0 Å². The van der Waals surface area contributed by atoms with Crippen molar-refractivity contribution in [2.45, 2.75) is 47.1 Å². The van der Waals surface area contributed by atoms with Crippen LogP contribution < -0.4 is 5.11 Å². The number of ether oxygens (including phenoxy) is 3. The predicted molar refractivity (Wildman–Crippen MR) is 112 cm³/mol. The third-order valence-corrected chi connectivity index (χ3v) is 3.31. The Morgan fingerprint density at radius 3 is 2.23 bits per heavy atom. The summed E-state index contributed by atoms with van der Waals surface area (Å²) in [6, 6.07) is 8.77. The molecule has 1 aromatic rings. The molecule has 1 aromatic carbocycles. The lowest BCUT2D eigenvalue weighted by Crippen LogP contribution is -2.23. The minimum atomic E-state index is -0.889. The minimum Gasteiger partial charge on any atom is -0.608 e. The van der Waals surface area contributed by atoms with Crippen LogP contribution in [-0.2, 0) is 28.6 Å². The van der Waals surface area contributed by atoms with Crippen molar-refractivity contribution in [2.75, 3.05) is 13.2 Å². The number of hydrogen-bond donors (Lipinski definition) is 0. The van der Waals surface area contributed by atoms with Gasteiger partial charge in [-0.1, -0.05) is 25.1 Å². The molecule has 0 unspecified atom stereocenters. The van der Waals surface area contributed by atoms with Crippen LogP contribution >= 0.6 is 0 Å².